The van der Waals surface area contributed by atoms with Crippen molar-refractivity contribution in [2.75, 3.05) is 69.7 Å². The number of aliphatic imine (C=N–C) groups is 1. The highest BCUT2D eigenvalue weighted by Crippen LogP contribution is 2.39. The number of nitrogens with zero attached hydrogens (tertiary/aromatic N) is 7. The number of aryl methyl sites for hydroxylation is 1. The number of nitrogen functional groups attached to an aromatic ring is 1. The van der Waals surface area contributed by atoms with Crippen molar-refractivity contribution in [1.29, 1.82) is 0 Å². The predicted molar refractivity (Wildman–Crippen MR) is 213 cm³/mol. The molecule has 0 atom stereocenters. The van der Waals surface area contributed by atoms with Crippen molar-refractivity contribution in [3.8, 4) is 17.2 Å². The maximum absolute atomic E-state index is 15.5. The summed E-state index contributed by atoms with van der Waals surface area (Å²) in [7, 11) is 4.62. The van der Waals surface area contributed by atoms with Gasteiger partial charge in [0.15, 0.2) is 11.5 Å². The molecule has 3 N–H and O–H groups in total. The van der Waals surface area contributed by atoms with Crippen molar-refractivity contribution < 1.29 is 33.3 Å². The van der Waals surface area contributed by atoms with Gasteiger partial charge in [0, 0.05) is 72.5 Å². The number of nitrogens with two attached hydrogens (primary N) is 1. The van der Waals surface area contributed by atoms with Crippen LogP contribution in [0, 0.1) is 5.82 Å². The van der Waals surface area contributed by atoms with Gasteiger partial charge >= 0.3 is 5.97 Å². The number of rotatable bonds is 11. The lowest BCUT2D eigenvalue weighted by molar-refractivity contribution is -0.112. The van der Waals surface area contributed by atoms with Gasteiger partial charge in [-0.1, -0.05) is 15.9 Å². The van der Waals surface area contributed by atoms with E-state index in [0.29, 0.717) is 84.4 Å². The standard InChI is InChI=1S/C39H38BrFN8O7/c1-5-47-19-26(38(52)53)34(50)25-16-27(41)30(17-29(25)47)48-10-8-46(9-11-48)20-49-28-7-6-23(40)15-24(28)33(37(49)51)44-39-43-18-22(36(42)45-39)12-21-13-31(54-2)35(56-4)32(14-21)55-3/h6-7,13-19H,5,8-12,20H2,1-4H3,(H,52,53)(H2,42,43,45). The number of benzene rings is 3. The number of anilines is 3. The molecule has 17 heteroatoms. The Kier molecular flexibility index (Phi) is 10.6. The molecule has 15 nitrogen and oxygen atoms in total. The molecular formula is C39H38BrFN8O7. The zero-order chi connectivity index (χ0) is 39.8. The fraction of sp³-hybridized carbons (Fsp3) is 0.282. The van der Waals surface area contributed by atoms with Gasteiger partial charge in [-0.15, -0.1) is 0 Å². The second-order valence-corrected chi connectivity index (χ2v) is 14.1. The maximum atomic E-state index is 15.5. The Balaban J connectivity index is 1.09. The average molecular weight is 830 g/mol. The van der Waals surface area contributed by atoms with Crippen LogP contribution in [-0.4, -0.2) is 96.3 Å². The molecule has 1 amide bonds. The van der Waals surface area contributed by atoms with Gasteiger partial charge in [-0.2, -0.15) is 4.98 Å². The van der Waals surface area contributed by atoms with Gasteiger partial charge < -0.3 is 34.5 Å². The molecular weight excluding hydrogens is 791 g/mol. The average Bonchev–Trinajstić information content (AvgIpc) is 3.43. The van der Waals surface area contributed by atoms with E-state index in [1.165, 1.54) is 13.3 Å². The maximum Gasteiger partial charge on any atom is 0.341 e. The molecule has 2 aromatic heterocycles. The van der Waals surface area contributed by atoms with Crippen molar-refractivity contribution in [3.63, 3.8) is 0 Å². The number of methoxy groups -OCH3 is 3. The number of carbonyl (C=O) groups excluding carboxylic acids is 1. The number of amides is 1. The van der Waals surface area contributed by atoms with E-state index in [1.807, 2.05) is 42.2 Å². The molecule has 5 aromatic rings. The molecule has 0 unspecified atom stereocenters. The van der Waals surface area contributed by atoms with Crippen LogP contribution in [0.25, 0.3) is 10.9 Å². The molecule has 2 aliphatic rings. The highest BCUT2D eigenvalue weighted by atomic mass is 79.9. The van der Waals surface area contributed by atoms with Gasteiger partial charge in [-0.05, 0) is 55.0 Å². The molecule has 56 heavy (non-hydrogen) atoms. The van der Waals surface area contributed by atoms with E-state index in [0.717, 1.165) is 16.1 Å². The van der Waals surface area contributed by atoms with Gasteiger partial charge in [0.05, 0.1) is 44.9 Å². The number of aromatic carboxylic acids is 1. The Bertz CT molecular complexity index is 2460. The Morgan fingerprint density at radius 1 is 1.00 bits per heavy atom. The first-order chi connectivity index (χ1) is 26.9. The van der Waals surface area contributed by atoms with Crippen molar-refractivity contribution >= 4 is 67.6 Å². The molecule has 0 spiro atoms. The van der Waals surface area contributed by atoms with Crippen LogP contribution in [0.3, 0.4) is 0 Å². The van der Waals surface area contributed by atoms with E-state index in [4.69, 9.17) is 19.9 Å². The highest BCUT2D eigenvalue weighted by molar-refractivity contribution is 9.10. The van der Waals surface area contributed by atoms with Crippen LogP contribution in [0.5, 0.6) is 17.2 Å². The van der Waals surface area contributed by atoms with Crippen LogP contribution < -0.4 is 35.2 Å². The zero-order valence-electron chi connectivity index (χ0n) is 31.0. The molecule has 7 rings (SSSR count). The normalized spacial score (nSPS) is 15.1. The number of carboxylic acids is 1. The minimum absolute atomic E-state index is 0.0154. The van der Waals surface area contributed by atoms with Gasteiger partial charge in [0.1, 0.15) is 22.9 Å². The number of carbonyl (C=O) groups is 2. The molecule has 0 aliphatic carbocycles. The number of halogens is 2. The summed E-state index contributed by atoms with van der Waals surface area (Å²) >= 11 is 3.52. The Morgan fingerprint density at radius 2 is 1.71 bits per heavy atom. The molecule has 0 bridgehead atoms. The number of aromatic nitrogens is 3. The number of hydrogen-bond acceptors (Lipinski definition) is 12. The Morgan fingerprint density at radius 3 is 2.34 bits per heavy atom. The van der Waals surface area contributed by atoms with Gasteiger partial charge in [0.25, 0.3) is 11.9 Å². The van der Waals surface area contributed by atoms with Crippen molar-refractivity contribution in [1.82, 2.24) is 19.4 Å². The summed E-state index contributed by atoms with van der Waals surface area (Å²) in [6.45, 7) is 4.37. The third kappa shape index (κ3) is 7.10. The third-order valence-electron chi connectivity index (χ3n) is 9.94. The predicted octanol–water partition coefficient (Wildman–Crippen LogP) is 4.86. The second kappa shape index (κ2) is 15.6. The first kappa shape index (κ1) is 38.2. The number of ether oxygens (including phenoxy) is 3. The van der Waals surface area contributed by atoms with E-state index < -0.39 is 22.8 Å². The molecule has 2 aliphatic heterocycles. The van der Waals surface area contributed by atoms with E-state index in [1.54, 1.807) is 35.9 Å². The van der Waals surface area contributed by atoms with Crippen LogP contribution in [0.1, 0.15) is 34.0 Å². The van der Waals surface area contributed by atoms with E-state index in [9.17, 15) is 19.5 Å². The number of carboxylic acid groups (broad SMARTS) is 1. The number of hydrogen-bond donors (Lipinski definition) is 2. The van der Waals surface area contributed by atoms with Gasteiger partial charge in [0.2, 0.25) is 11.2 Å². The SMILES string of the molecule is CCn1cc(C(=O)O)c(=O)c2cc(F)c(N3CCN(CN4C(=O)C(=Nc5ncc(Cc6cc(OC)c(OC)c(OC)c6)c(N)n5)c5cc(Br)ccc54)CC3)cc21. The molecule has 4 heterocycles. The topological polar surface area (TPSA) is 178 Å². The summed E-state index contributed by atoms with van der Waals surface area (Å²) in [5, 5.41) is 9.50. The lowest BCUT2D eigenvalue weighted by atomic mass is 10.1. The molecule has 1 fully saturated rings. The summed E-state index contributed by atoms with van der Waals surface area (Å²) < 4.78 is 34.3. The van der Waals surface area contributed by atoms with E-state index in [2.05, 4.69) is 35.8 Å². The zero-order valence-corrected chi connectivity index (χ0v) is 32.6. The Labute approximate surface area is 328 Å². The monoisotopic (exact) mass is 828 g/mol. The highest BCUT2D eigenvalue weighted by Gasteiger charge is 2.36. The Hall–Kier alpha value is -6.07. The van der Waals surface area contributed by atoms with Crippen LogP contribution in [0.15, 0.2) is 69.1 Å². The molecule has 1 saturated heterocycles. The fourth-order valence-electron chi connectivity index (χ4n) is 7.08. The summed E-state index contributed by atoms with van der Waals surface area (Å²) in [6, 6.07) is 11.9. The number of fused-ring (bicyclic) bond motifs is 2. The summed E-state index contributed by atoms with van der Waals surface area (Å²) in [6.07, 6.45) is 3.25. The summed E-state index contributed by atoms with van der Waals surface area (Å²) in [5.41, 5.74) is 8.95. The van der Waals surface area contributed by atoms with E-state index >= 15 is 4.39 Å². The smallest absolute Gasteiger partial charge is 0.341 e. The van der Waals surface area contributed by atoms with Crippen molar-refractivity contribution in [2.45, 2.75) is 19.9 Å². The van der Waals surface area contributed by atoms with E-state index in [-0.39, 0.29) is 35.4 Å². The molecule has 3 aromatic carbocycles. The first-order valence-electron chi connectivity index (χ1n) is 17.6. The van der Waals surface area contributed by atoms with Crippen LogP contribution in [0.4, 0.5) is 27.5 Å². The number of pyridine rings is 1. The first-order valence-corrected chi connectivity index (χ1v) is 18.4. The van der Waals surface area contributed by atoms with Crippen molar-refractivity contribution in [3.05, 3.63) is 97.6 Å². The molecule has 0 radical (unpaired) electrons. The van der Waals surface area contributed by atoms with Gasteiger partial charge in [-0.3, -0.25) is 19.4 Å². The quantitative estimate of drug-likeness (QED) is 0.185. The lowest BCUT2D eigenvalue weighted by Crippen LogP contribution is -2.51. The van der Waals surface area contributed by atoms with Gasteiger partial charge in [-0.25, -0.2) is 19.2 Å². The minimum atomic E-state index is -1.36. The molecule has 290 valence electrons. The van der Waals surface area contributed by atoms with Crippen molar-refractivity contribution in [2.24, 2.45) is 4.99 Å². The minimum Gasteiger partial charge on any atom is -0.493 e. The lowest BCUT2D eigenvalue weighted by Gasteiger charge is -2.38. The largest absolute Gasteiger partial charge is 0.493 e. The summed E-state index contributed by atoms with van der Waals surface area (Å²) in [5.74, 6) is -0.587. The fourth-order valence-corrected chi connectivity index (χ4v) is 7.44. The molecule has 0 saturated carbocycles. The number of piperazine rings is 1. The van der Waals surface area contributed by atoms with Crippen LogP contribution >= 0.6 is 15.9 Å². The summed E-state index contributed by atoms with van der Waals surface area (Å²) in [4.78, 5) is 57.6. The third-order valence-corrected chi connectivity index (χ3v) is 10.4. The van der Waals surface area contributed by atoms with Crippen LogP contribution in [0.2, 0.25) is 0 Å². The van der Waals surface area contributed by atoms with Crippen LogP contribution in [-0.2, 0) is 17.8 Å². The second-order valence-electron chi connectivity index (χ2n) is 13.2.